The maximum Gasteiger partial charge on any atom is 0.415 e. The van der Waals surface area contributed by atoms with Gasteiger partial charge in [-0.25, -0.2) is 0 Å². The molecule has 0 spiro atoms. The Labute approximate surface area is 112 Å². The molecule has 0 aromatic heterocycles. The molecule has 19 heavy (non-hydrogen) atoms. The zero-order valence-corrected chi connectivity index (χ0v) is 12.0. The summed E-state index contributed by atoms with van der Waals surface area (Å²) in [7, 11) is 1.42. The van der Waals surface area contributed by atoms with E-state index in [1.165, 1.54) is 11.9 Å². The first-order valence-electron chi connectivity index (χ1n) is 6.51. The normalized spacial score (nSPS) is 23.8. The second-order valence-electron chi connectivity index (χ2n) is 6.51. The van der Waals surface area contributed by atoms with Gasteiger partial charge < -0.3 is 10.6 Å². The van der Waals surface area contributed by atoms with E-state index in [0.717, 1.165) is 32.6 Å². The van der Waals surface area contributed by atoms with Crippen LogP contribution in [-0.4, -0.2) is 35.6 Å². The molecule has 3 nitrogen and oxygen atoms in total. The van der Waals surface area contributed by atoms with Crippen LogP contribution in [0, 0.1) is 5.41 Å². The van der Waals surface area contributed by atoms with Crippen LogP contribution in [0.2, 0.25) is 0 Å². The fourth-order valence-corrected chi connectivity index (χ4v) is 2.42. The van der Waals surface area contributed by atoms with Gasteiger partial charge in [0.1, 0.15) is 0 Å². The highest BCUT2D eigenvalue weighted by Gasteiger charge is 2.55. The Morgan fingerprint density at radius 1 is 1.26 bits per heavy atom. The van der Waals surface area contributed by atoms with Gasteiger partial charge in [0, 0.05) is 13.1 Å². The molecule has 0 aromatic carbocycles. The molecule has 0 aromatic rings. The van der Waals surface area contributed by atoms with Gasteiger partial charge in [-0.05, 0) is 38.0 Å². The molecular formula is C13H23F3N2O. The maximum atomic E-state index is 12.8. The summed E-state index contributed by atoms with van der Waals surface area (Å²) in [5.41, 5.74) is 2.58. The van der Waals surface area contributed by atoms with Crippen molar-refractivity contribution in [2.45, 2.75) is 64.2 Å². The highest BCUT2D eigenvalue weighted by atomic mass is 19.4. The molecule has 1 atom stereocenters. The first kappa shape index (κ1) is 16.3. The number of nitrogens with zero attached hydrogens (tertiary/aromatic N) is 1. The molecule has 0 heterocycles. The van der Waals surface area contributed by atoms with Crippen molar-refractivity contribution < 1.29 is 18.0 Å². The summed E-state index contributed by atoms with van der Waals surface area (Å²) in [5, 5.41) is 0. The number of likely N-dealkylation sites (N-methyl/N-ethyl adjacent to an activating group) is 1. The van der Waals surface area contributed by atoms with Crippen LogP contribution in [0.5, 0.6) is 0 Å². The van der Waals surface area contributed by atoms with Crippen LogP contribution in [0.3, 0.4) is 0 Å². The Hall–Kier alpha value is -0.780. The lowest BCUT2D eigenvalue weighted by Gasteiger charge is -2.41. The number of halogens is 3. The molecule has 1 saturated carbocycles. The Balaban J connectivity index is 2.74. The zero-order chi connectivity index (χ0) is 15.1. The summed E-state index contributed by atoms with van der Waals surface area (Å²) in [4.78, 5) is 13.1. The second kappa shape index (κ2) is 4.96. The lowest BCUT2D eigenvalue weighted by atomic mass is 9.75. The van der Waals surface area contributed by atoms with Crippen LogP contribution in [0.15, 0.2) is 0 Å². The average molecular weight is 280 g/mol. The van der Waals surface area contributed by atoms with E-state index in [2.05, 4.69) is 13.8 Å². The third-order valence-corrected chi connectivity index (χ3v) is 4.21. The number of nitrogens with two attached hydrogens (primary N) is 1. The monoisotopic (exact) mass is 280 g/mol. The molecule has 1 aliphatic rings. The van der Waals surface area contributed by atoms with Crippen molar-refractivity contribution in [2.24, 2.45) is 11.1 Å². The van der Waals surface area contributed by atoms with Gasteiger partial charge in [0.15, 0.2) is 5.54 Å². The summed E-state index contributed by atoms with van der Waals surface area (Å²) in [6.07, 6.45) is -1.47. The first-order chi connectivity index (χ1) is 8.38. The first-order valence-corrected chi connectivity index (χ1v) is 6.51. The predicted molar refractivity (Wildman–Crippen MR) is 67.5 cm³/mol. The van der Waals surface area contributed by atoms with E-state index < -0.39 is 17.6 Å². The molecule has 0 aliphatic heterocycles. The summed E-state index contributed by atoms with van der Waals surface area (Å²) in [6.45, 7) is 5.00. The molecule has 1 rings (SSSR count). The summed E-state index contributed by atoms with van der Waals surface area (Å²) < 4.78 is 38.3. The Kier molecular flexibility index (Phi) is 4.25. The molecule has 1 amide bonds. The molecule has 6 heteroatoms. The lowest BCUT2D eigenvalue weighted by molar-refractivity contribution is -0.194. The number of hydrogen-bond acceptors (Lipinski definition) is 2. The molecular weight excluding hydrogens is 257 g/mol. The smallest absolute Gasteiger partial charge is 0.341 e. The highest BCUT2D eigenvalue weighted by Crippen LogP contribution is 2.38. The largest absolute Gasteiger partial charge is 0.415 e. The van der Waals surface area contributed by atoms with Gasteiger partial charge in [-0.3, -0.25) is 4.79 Å². The van der Waals surface area contributed by atoms with Crippen molar-refractivity contribution in [1.82, 2.24) is 4.90 Å². The van der Waals surface area contributed by atoms with Gasteiger partial charge in [0.05, 0.1) is 0 Å². The van der Waals surface area contributed by atoms with E-state index in [1.54, 1.807) is 0 Å². The lowest BCUT2D eigenvalue weighted by Crippen LogP contribution is -2.63. The molecule has 1 fully saturated rings. The van der Waals surface area contributed by atoms with E-state index in [4.69, 9.17) is 5.73 Å². The molecule has 112 valence electrons. The molecule has 1 aliphatic carbocycles. The van der Waals surface area contributed by atoms with E-state index in [1.807, 2.05) is 0 Å². The molecule has 0 saturated heterocycles. The third-order valence-electron chi connectivity index (χ3n) is 4.21. The van der Waals surface area contributed by atoms with Crippen molar-refractivity contribution in [1.29, 1.82) is 0 Å². The van der Waals surface area contributed by atoms with Gasteiger partial charge >= 0.3 is 6.18 Å². The summed E-state index contributed by atoms with van der Waals surface area (Å²) in [6, 6.07) is -0.147. The van der Waals surface area contributed by atoms with Crippen LogP contribution < -0.4 is 5.73 Å². The van der Waals surface area contributed by atoms with Gasteiger partial charge in [0.25, 0.3) is 5.91 Å². The van der Waals surface area contributed by atoms with Gasteiger partial charge in [-0.15, -0.1) is 0 Å². The second-order valence-corrected chi connectivity index (χ2v) is 6.51. The Bertz CT molecular complexity index is 340. The number of hydrogen-bond donors (Lipinski definition) is 1. The number of alkyl halides is 3. The van der Waals surface area contributed by atoms with Crippen LogP contribution in [0.1, 0.15) is 46.5 Å². The van der Waals surface area contributed by atoms with Crippen LogP contribution in [0.4, 0.5) is 13.2 Å². The van der Waals surface area contributed by atoms with Gasteiger partial charge in [0.2, 0.25) is 0 Å². The van der Waals surface area contributed by atoms with E-state index >= 15 is 0 Å². The molecule has 2 N–H and O–H groups in total. The van der Waals surface area contributed by atoms with Crippen molar-refractivity contribution in [3.8, 4) is 0 Å². The molecule has 0 bridgehead atoms. The van der Waals surface area contributed by atoms with Crippen molar-refractivity contribution in [3.05, 3.63) is 0 Å². The molecule has 1 unspecified atom stereocenters. The molecule has 0 radical (unpaired) electrons. The SMILES string of the molecule is CN(C(=O)C(C)(N)C(F)(F)F)C1CCC(C)(C)CC1. The highest BCUT2D eigenvalue weighted by molar-refractivity contribution is 5.86. The maximum absolute atomic E-state index is 12.8. The standard InChI is InChI=1S/C13H23F3N2O/c1-11(2)7-5-9(6-8-11)18(4)10(19)12(3,17)13(14,15)16/h9H,5-8,17H2,1-4H3. The quantitative estimate of drug-likeness (QED) is 0.845. The van der Waals surface area contributed by atoms with E-state index in [9.17, 15) is 18.0 Å². The topological polar surface area (TPSA) is 46.3 Å². The van der Waals surface area contributed by atoms with Gasteiger partial charge in [-0.2, -0.15) is 13.2 Å². The van der Waals surface area contributed by atoms with Crippen LogP contribution in [0.25, 0.3) is 0 Å². The summed E-state index contributed by atoms with van der Waals surface area (Å²) >= 11 is 0. The minimum atomic E-state index is -4.73. The minimum Gasteiger partial charge on any atom is -0.341 e. The summed E-state index contributed by atoms with van der Waals surface area (Å²) in [5.74, 6) is -1.05. The van der Waals surface area contributed by atoms with Crippen molar-refractivity contribution in [3.63, 3.8) is 0 Å². The Morgan fingerprint density at radius 3 is 2.05 bits per heavy atom. The van der Waals surface area contributed by atoms with Crippen molar-refractivity contribution >= 4 is 5.91 Å². The fraction of sp³-hybridized carbons (Fsp3) is 0.923. The Morgan fingerprint density at radius 2 is 1.68 bits per heavy atom. The van der Waals surface area contributed by atoms with Crippen LogP contribution in [-0.2, 0) is 4.79 Å². The van der Waals surface area contributed by atoms with Crippen molar-refractivity contribution in [2.75, 3.05) is 7.05 Å². The van der Waals surface area contributed by atoms with Gasteiger partial charge in [-0.1, -0.05) is 13.8 Å². The number of rotatable bonds is 2. The van der Waals surface area contributed by atoms with E-state index in [0.29, 0.717) is 0 Å². The minimum absolute atomic E-state index is 0.147. The zero-order valence-electron chi connectivity index (χ0n) is 12.0. The third kappa shape index (κ3) is 3.41. The number of amides is 1. The average Bonchev–Trinajstić information content (AvgIpc) is 2.25. The predicted octanol–water partition coefficient (Wildman–Crippen LogP) is 2.69. The van der Waals surface area contributed by atoms with Crippen LogP contribution >= 0.6 is 0 Å². The number of carbonyl (C=O) groups excluding carboxylic acids is 1. The number of carbonyl (C=O) groups is 1. The fourth-order valence-electron chi connectivity index (χ4n) is 2.42. The van der Waals surface area contributed by atoms with E-state index in [-0.39, 0.29) is 11.5 Å².